The van der Waals surface area contributed by atoms with Gasteiger partial charge in [0.05, 0.1) is 13.0 Å². The molecule has 1 N–H and O–H groups in total. The van der Waals surface area contributed by atoms with Gasteiger partial charge in [0.1, 0.15) is 0 Å². The molecule has 0 radical (unpaired) electrons. The first kappa shape index (κ1) is 17.0. The highest BCUT2D eigenvalue weighted by molar-refractivity contribution is 6.30. The second-order valence-corrected chi connectivity index (χ2v) is 5.78. The van der Waals surface area contributed by atoms with Crippen molar-refractivity contribution >= 4 is 17.6 Å². The first-order chi connectivity index (χ1) is 9.51. The molecule has 1 aromatic rings. The first-order valence-corrected chi connectivity index (χ1v) is 7.52. The molecule has 1 atom stereocenters. The summed E-state index contributed by atoms with van der Waals surface area (Å²) in [5, 5.41) is 4.17. The van der Waals surface area contributed by atoms with Gasteiger partial charge in [0.15, 0.2) is 0 Å². The fourth-order valence-corrected chi connectivity index (χ4v) is 2.07. The number of benzene rings is 1. The van der Waals surface area contributed by atoms with Crippen LogP contribution >= 0.6 is 11.6 Å². The molecule has 0 saturated carbocycles. The minimum absolute atomic E-state index is 0.0950. The minimum atomic E-state index is -0.150. The van der Waals surface area contributed by atoms with E-state index < -0.39 is 0 Å². The zero-order valence-corrected chi connectivity index (χ0v) is 13.2. The molecule has 1 rings (SSSR count). The van der Waals surface area contributed by atoms with Crippen molar-refractivity contribution < 1.29 is 9.53 Å². The lowest BCUT2D eigenvalue weighted by Crippen LogP contribution is -2.36. The van der Waals surface area contributed by atoms with Crippen molar-refractivity contribution in [2.45, 2.75) is 39.7 Å². The van der Waals surface area contributed by atoms with Crippen molar-refractivity contribution in [3.63, 3.8) is 0 Å². The Hall–Kier alpha value is -1.06. The molecular weight excluding hydrogens is 274 g/mol. The van der Waals surface area contributed by atoms with Crippen molar-refractivity contribution in [1.82, 2.24) is 5.32 Å². The van der Waals surface area contributed by atoms with Crippen molar-refractivity contribution in [2.75, 3.05) is 13.2 Å². The molecule has 0 bridgehead atoms. The van der Waals surface area contributed by atoms with E-state index in [0.29, 0.717) is 18.9 Å². The Kier molecular flexibility index (Phi) is 7.63. The van der Waals surface area contributed by atoms with Crippen molar-refractivity contribution in [2.24, 2.45) is 5.92 Å². The molecule has 4 heteroatoms. The maximum atomic E-state index is 11.7. The zero-order chi connectivity index (χ0) is 15.0. The Morgan fingerprint density at radius 3 is 2.50 bits per heavy atom. The van der Waals surface area contributed by atoms with Crippen LogP contribution in [0.25, 0.3) is 0 Å². The minimum Gasteiger partial charge on any atom is -0.466 e. The van der Waals surface area contributed by atoms with Gasteiger partial charge < -0.3 is 10.1 Å². The number of hydrogen-bond acceptors (Lipinski definition) is 3. The van der Waals surface area contributed by atoms with Crippen LogP contribution < -0.4 is 5.32 Å². The summed E-state index contributed by atoms with van der Waals surface area (Å²) in [6.45, 7) is 7.44. The Bertz CT molecular complexity index is 403. The number of carbonyl (C=O) groups excluding carboxylic acids is 1. The lowest BCUT2D eigenvalue weighted by molar-refractivity contribution is -0.143. The summed E-state index contributed by atoms with van der Waals surface area (Å²) in [4.78, 5) is 11.7. The lowest BCUT2D eigenvalue weighted by atomic mass is 10.0. The quantitative estimate of drug-likeness (QED) is 0.747. The Morgan fingerprint density at radius 2 is 1.95 bits per heavy atom. The van der Waals surface area contributed by atoms with Gasteiger partial charge in [-0.1, -0.05) is 37.6 Å². The van der Waals surface area contributed by atoms with E-state index in [1.54, 1.807) is 0 Å². The number of esters is 1. The van der Waals surface area contributed by atoms with E-state index in [1.807, 2.05) is 31.2 Å². The average Bonchev–Trinajstić information content (AvgIpc) is 2.39. The van der Waals surface area contributed by atoms with E-state index in [4.69, 9.17) is 16.3 Å². The Balaban J connectivity index is 2.60. The van der Waals surface area contributed by atoms with Gasteiger partial charge in [0.25, 0.3) is 0 Å². The van der Waals surface area contributed by atoms with Gasteiger partial charge in [-0.2, -0.15) is 0 Å². The van der Waals surface area contributed by atoms with Crippen LogP contribution in [0.5, 0.6) is 0 Å². The highest BCUT2D eigenvalue weighted by atomic mass is 35.5. The van der Waals surface area contributed by atoms with Crippen LogP contribution in [0.15, 0.2) is 24.3 Å². The normalized spacial score (nSPS) is 12.4. The monoisotopic (exact) mass is 297 g/mol. The van der Waals surface area contributed by atoms with E-state index in [1.165, 1.54) is 5.56 Å². The predicted octanol–water partition coefficient (Wildman–Crippen LogP) is 3.45. The van der Waals surface area contributed by atoms with Gasteiger partial charge in [-0.05, 0) is 43.5 Å². The average molecular weight is 298 g/mol. The number of halogens is 1. The standard InChI is InChI=1S/C16H24ClNO2/c1-4-20-16(19)10-15(18-11-12(2)3)9-13-5-7-14(17)8-6-13/h5-8,12,15,18H,4,9-11H2,1-3H3. The van der Waals surface area contributed by atoms with Gasteiger partial charge in [0, 0.05) is 11.1 Å². The Morgan fingerprint density at radius 1 is 1.30 bits per heavy atom. The molecule has 0 aliphatic rings. The fraction of sp³-hybridized carbons (Fsp3) is 0.562. The van der Waals surface area contributed by atoms with Crippen molar-refractivity contribution in [3.8, 4) is 0 Å². The largest absolute Gasteiger partial charge is 0.466 e. The second-order valence-electron chi connectivity index (χ2n) is 5.34. The van der Waals surface area contributed by atoms with E-state index in [-0.39, 0.29) is 12.0 Å². The second kappa shape index (κ2) is 8.98. The molecule has 112 valence electrons. The van der Waals surface area contributed by atoms with Crippen LogP contribution in [-0.2, 0) is 16.0 Å². The molecule has 0 amide bonds. The van der Waals surface area contributed by atoms with Crippen LogP contribution in [0.3, 0.4) is 0 Å². The molecule has 0 fully saturated rings. The van der Waals surface area contributed by atoms with E-state index in [9.17, 15) is 4.79 Å². The summed E-state index contributed by atoms with van der Waals surface area (Å²) >= 11 is 5.89. The summed E-state index contributed by atoms with van der Waals surface area (Å²) < 4.78 is 5.04. The maximum absolute atomic E-state index is 11.7. The van der Waals surface area contributed by atoms with Gasteiger partial charge >= 0.3 is 5.97 Å². The predicted molar refractivity (Wildman–Crippen MR) is 83.0 cm³/mol. The molecule has 0 aliphatic carbocycles. The molecule has 0 saturated heterocycles. The number of carbonyl (C=O) groups is 1. The lowest BCUT2D eigenvalue weighted by Gasteiger charge is -2.19. The SMILES string of the molecule is CCOC(=O)CC(Cc1ccc(Cl)cc1)NCC(C)C. The summed E-state index contributed by atoms with van der Waals surface area (Å²) in [7, 11) is 0. The topological polar surface area (TPSA) is 38.3 Å². The molecule has 20 heavy (non-hydrogen) atoms. The van der Waals surface area contributed by atoms with E-state index in [2.05, 4.69) is 19.2 Å². The third-order valence-electron chi connectivity index (χ3n) is 2.93. The molecule has 1 unspecified atom stereocenters. The zero-order valence-electron chi connectivity index (χ0n) is 12.5. The maximum Gasteiger partial charge on any atom is 0.307 e. The van der Waals surface area contributed by atoms with Gasteiger partial charge in [-0.15, -0.1) is 0 Å². The van der Waals surface area contributed by atoms with Gasteiger partial charge in [-0.3, -0.25) is 4.79 Å². The highest BCUT2D eigenvalue weighted by Gasteiger charge is 2.15. The van der Waals surface area contributed by atoms with Crippen LogP contribution in [0, 0.1) is 5.92 Å². The third-order valence-corrected chi connectivity index (χ3v) is 3.18. The van der Waals surface area contributed by atoms with Crippen molar-refractivity contribution in [1.29, 1.82) is 0 Å². The van der Waals surface area contributed by atoms with Gasteiger partial charge in [0.2, 0.25) is 0 Å². The highest BCUT2D eigenvalue weighted by Crippen LogP contribution is 2.12. The molecule has 3 nitrogen and oxygen atoms in total. The van der Waals surface area contributed by atoms with Crippen LogP contribution in [0.1, 0.15) is 32.8 Å². The molecular formula is C16H24ClNO2. The summed E-state index contributed by atoms with van der Waals surface area (Å²) in [5.41, 5.74) is 1.17. The summed E-state index contributed by atoms with van der Waals surface area (Å²) in [6, 6.07) is 7.84. The first-order valence-electron chi connectivity index (χ1n) is 7.14. The van der Waals surface area contributed by atoms with Crippen LogP contribution in [-0.4, -0.2) is 25.2 Å². The number of ether oxygens (including phenoxy) is 1. The number of rotatable bonds is 8. The molecule has 0 spiro atoms. The molecule has 0 aliphatic heterocycles. The number of hydrogen-bond donors (Lipinski definition) is 1. The van der Waals surface area contributed by atoms with E-state index in [0.717, 1.165) is 18.0 Å². The fourth-order valence-electron chi connectivity index (χ4n) is 1.94. The molecule has 0 heterocycles. The summed E-state index contributed by atoms with van der Waals surface area (Å²) in [5.74, 6) is 0.396. The van der Waals surface area contributed by atoms with Gasteiger partial charge in [-0.25, -0.2) is 0 Å². The summed E-state index contributed by atoms with van der Waals surface area (Å²) in [6.07, 6.45) is 1.19. The molecule has 0 aromatic heterocycles. The third kappa shape index (κ3) is 6.92. The Labute approximate surface area is 126 Å². The van der Waals surface area contributed by atoms with Crippen LogP contribution in [0.4, 0.5) is 0 Å². The molecule has 1 aromatic carbocycles. The smallest absolute Gasteiger partial charge is 0.307 e. The number of nitrogens with one attached hydrogen (secondary N) is 1. The van der Waals surface area contributed by atoms with Crippen LogP contribution in [0.2, 0.25) is 5.02 Å². The van der Waals surface area contributed by atoms with Crippen molar-refractivity contribution in [3.05, 3.63) is 34.9 Å². The van der Waals surface area contributed by atoms with E-state index >= 15 is 0 Å².